The van der Waals surface area contributed by atoms with Crippen molar-refractivity contribution in [1.29, 1.82) is 0 Å². The normalized spacial score (nSPS) is 14.8. The summed E-state index contributed by atoms with van der Waals surface area (Å²) in [6, 6.07) is 21.2. The molecule has 0 saturated carbocycles. The van der Waals surface area contributed by atoms with Gasteiger partial charge in [0.25, 0.3) is 0 Å². The summed E-state index contributed by atoms with van der Waals surface area (Å²) in [6.45, 7) is 2.98. The van der Waals surface area contributed by atoms with Crippen LogP contribution in [-0.4, -0.2) is 32.2 Å². The first-order chi connectivity index (χ1) is 14.3. The summed E-state index contributed by atoms with van der Waals surface area (Å²) in [5, 5.41) is 0. The smallest absolute Gasteiger partial charge is 0.134 e. The quantitative estimate of drug-likeness (QED) is 0.501. The molecule has 1 aliphatic rings. The van der Waals surface area contributed by atoms with Gasteiger partial charge in [-0.2, -0.15) is 0 Å². The number of fused-ring (bicyclic) bond motifs is 1. The van der Waals surface area contributed by atoms with Gasteiger partial charge in [-0.1, -0.05) is 36.4 Å². The molecule has 0 aliphatic carbocycles. The first kappa shape index (κ1) is 17.4. The highest BCUT2D eigenvalue weighted by atomic mass is 15.3. The summed E-state index contributed by atoms with van der Waals surface area (Å²) in [7, 11) is 0. The van der Waals surface area contributed by atoms with E-state index in [9.17, 15) is 0 Å². The van der Waals surface area contributed by atoms with E-state index in [-0.39, 0.29) is 6.04 Å². The van der Waals surface area contributed by atoms with Crippen LogP contribution in [0.5, 0.6) is 0 Å². The van der Waals surface area contributed by atoms with E-state index in [1.165, 1.54) is 5.56 Å². The van der Waals surface area contributed by atoms with Gasteiger partial charge in [0.05, 0.1) is 29.8 Å². The minimum atomic E-state index is 0.218. The highest BCUT2D eigenvalue weighted by molar-refractivity contribution is 5.85. The second-order valence-corrected chi connectivity index (χ2v) is 7.11. The summed E-state index contributed by atoms with van der Waals surface area (Å²) in [5.41, 5.74) is 5.58. The van der Waals surface area contributed by atoms with Gasteiger partial charge < -0.3 is 4.90 Å². The lowest BCUT2D eigenvalue weighted by Crippen LogP contribution is -2.31. The van der Waals surface area contributed by atoms with Crippen molar-refractivity contribution in [3.63, 3.8) is 0 Å². The van der Waals surface area contributed by atoms with Gasteiger partial charge in [0.15, 0.2) is 0 Å². The van der Waals surface area contributed by atoms with Crippen LogP contribution < -0.4 is 0 Å². The van der Waals surface area contributed by atoms with E-state index in [4.69, 9.17) is 0 Å². The molecule has 0 N–H and O–H groups in total. The molecule has 0 unspecified atom stereocenters. The first-order valence-corrected chi connectivity index (χ1v) is 9.72. The molecule has 29 heavy (non-hydrogen) atoms. The van der Waals surface area contributed by atoms with Crippen LogP contribution in [-0.2, 0) is 0 Å². The van der Waals surface area contributed by atoms with Crippen LogP contribution in [0.4, 0.5) is 0 Å². The van der Waals surface area contributed by atoms with Gasteiger partial charge in [-0.25, -0.2) is 4.98 Å². The minimum Gasteiger partial charge on any atom is -0.344 e. The number of benzene rings is 2. The maximum Gasteiger partial charge on any atom is 0.134 e. The molecule has 3 heterocycles. The largest absolute Gasteiger partial charge is 0.344 e. The second kappa shape index (κ2) is 7.36. The third-order valence-corrected chi connectivity index (χ3v) is 5.43. The van der Waals surface area contributed by atoms with Gasteiger partial charge in [0.2, 0.25) is 0 Å². The molecule has 2 aromatic carbocycles. The monoisotopic (exact) mass is 379 g/mol. The van der Waals surface area contributed by atoms with Gasteiger partial charge in [-0.05, 0) is 47.9 Å². The Bertz CT molecular complexity index is 1190. The summed E-state index contributed by atoms with van der Waals surface area (Å²) in [4.78, 5) is 15.5. The number of rotatable bonds is 4. The summed E-state index contributed by atoms with van der Waals surface area (Å²) < 4.78 is 2.13. The van der Waals surface area contributed by atoms with E-state index in [2.05, 4.69) is 79.9 Å². The van der Waals surface area contributed by atoms with E-state index in [1.54, 1.807) is 0 Å². The highest BCUT2D eigenvalue weighted by Crippen LogP contribution is 2.31. The molecule has 1 aliphatic heterocycles. The number of hydrogen-bond donors (Lipinski definition) is 0. The predicted octanol–water partition coefficient (Wildman–Crippen LogP) is 5.00. The van der Waals surface area contributed by atoms with Crippen molar-refractivity contribution in [1.82, 2.24) is 19.4 Å². The van der Waals surface area contributed by atoms with Crippen LogP contribution >= 0.6 is 0 Å². The number of nitrogens with zero attached hydrogens (tertiary/aromatic N) is 5. The molecule has 5 rings (SSSR count). The Balaban J connectivity index is 1.58. The lowest BCUT2D eigenvalue weighted by atomic mass is 10.1. The Morgan fingerprint density at radius 2 is 1.76 bits per heavy atom. The Hall–Kier alpha value is -3.73. The van der Waals surface area contributed by atoms with E-state index >= 15 is 0 Å². The molecule has 5 nitrogen and oxygen atoms in total. The molecule has 2 aromatic heterocycles. The molecule has 5 heteroatoms. The van der Waals surface area contributed by atoms with Gasteiger partial charge in [0.1, 0.15) is 12.1 Å². The Labute approximate surface area is 169 Å². The fraction of sp³-hybridized carbons (Fsp3) is 0.125. The number of aromatic nitrogens is 3. The average molecular weight is 379 g/mol. The van der Waals surface area contributed by atoms with Gasteiger partial charge >= 0.3 is 0 Å². The molecular weight excluding hydrogens is 358 g/mol. The Kier molecular flexibility index (Phi) is 4.41. The van der Waals surface area contributed by atoms with Crippen molar-refractivity contribution >= 4 is 23.1 Å². The van der Waals surface area contributed by atoms with Gasteiger partial charge in [-0.3, -0.25) is 14.5 Å². The third-order valence-electron chi connectivity index (χ3n) is 5.43. The molecule has 0 fully saturated rings. The van der Waals surface area contributed by atoms with E-state index in [0.717, 1.165) is 34.5 Å². The van der Waals surface area contributed by atoms with Crippen LogP contribution in [0.1, 0.15) is 18.5 Å². The summed E-state index contributed by atoms with van der Waals surface area (Å²) in [5.74, 6) is 1.03. The molecule has 0 spiro atoms. The minimum absolute atomic E-state index is 0.218. The maximum atomic E-state index is 4.63. The van der Waals surface area contributed by atoms with Crippen LogP contribution in [0.15, 0.2) is 90.6 Å². The molecule has 4 aromatic rings. The van der Waals surface area contributed by atoms with Crippen LogP contribution in [0.25, 0.3) is 28.0 Å². The highest BCUT2D eigenvalue weighted by Gasteiger charge is 2.22. The zero-order valence-electron chi connectivity index (χ0n) is 16.2. The third kappa shape index (κ3) is 3.21. The molecule has 0 bridgehead atoms. The van der Waals surface area contributed by atoms with Crippen LogP contribution in [0.3, 0.4) is 0 Å². The number of pyridine rings is 1. The zero-order chi connectivity index (χ0) is 19.6. The number of imidazole rings is 1. The number of hydrogen-bond acceptors (Lipinski definition) is 4. The van der Waals surface area contributed by atoms with Crippen molar-refractivity contribution < 1.29 is 0 Å². The SMILES string of the molecule is C[C@@H](c1ccccc1)N1CC=NC=C1n1cnc2ccc(-c3ccncc3)cc21. The van der Waals surface area contributed by atoms with Gasteiger partial charge in [-0.15, -0.1) is 0 Å². The molecule has 0 amide bonds. The topological polar surface area (TPSA) is 46.3 Å². The first-order valence-electron chi connectivity index (χ1n) is 9.72. The van der Waals surface area contributed by atoms with Crippen LogP contribution in [0.2, 0.25) is 0 Å². The standard InChI is InChI=1S/C24H21N5/c1-18(19-5-3-2-4-6-19)28-14-13-26-16-24(28)29-17-27-22-8-7-21(15-23(22)29)20-9-11-25-12-10-20/h2-13,15-18H,14H2,1H3/t18-/m0/s1. The second-order valence-electron chi connectivity index (χ2n) is 7.11. The van der Waals surface area contributed by atoms with Crippen molar-refractivity contribution in [2.75, 3.05) is 6.54 Å². The van der Waals surface area contributed by atoms with E-state index < -0.39 is 0 Å². The molecule has 142 valence electrons. The van der Waals surface area contributed by atoms with Crippen LogP contribution in [0, 0.1) is 0 Å². The molecule has 0 radical (unpaired) electrons. The number of aliphatic imine (C=N–C) groups is 1. The summed E-state index contributed by atoms with van der Waals surface area (Å²) in [6.07, 6.45) is 9.39. The fourth-order valence-electron chi connectivity index (χ4n) is 3.80. The molecule has 1 atom stereocenters. The lowest BCUT2D eigenvalue weighted by molar-refractivity contribution is 0.341. The summed E-state index contributed by atoms with van der Waals surface area (Å²) >= 11 is 0. The lowest BCUT2D eigenvalue weighted by Gasteiger charge is -2.34. The predicted molar refractivity (Wildman–Crippen MR) is 117 cm³/mol. The van der Waals surface area contributed by atoms with Crippen molar-refractivity contribution in [2.45, 2.75) is 13.0 Å². The van der Waals surface area contributed by atoms with Crippen molar-refractivity contribution in [3.05, 3.63) is 91.1 Å². The Morgan fingerprint density at radius 1 is 0.931 bits per heavy atom. The Morgan fingerprint density at radius 3 is 2.59 bits per heavy atom. The fourth-order valence-corrected chi connectivity index (χ4v) is 3.80. The average Bonchev–Trinajstić information content (AvgIpc) is 3.23. The maximum absolute atomic E-state index is 4.63. The van der Waals surface area contributed by atoms with Crippen molar-refractivity contribution in [3.8, 4) is 11.1 Å². The van der Waals surface area contributed by atoms with E-state index in [1.807, 2.05) is 43.3 Å². The molecular formula is C24H21N5. The van der Waals surface area contributed by atoms with E-state index in [0.29, 0.717) is 0 Å². The van der Waals surface area contributed by atoms with Gasteiger partial charge in [0, 0.05) is 18.6 Å². The zero-order valence-corrected chi connectivity index (χ0v) is 16.2. The van der Waals surface area contributed by atoms with Crippen molar-refractivity contribution in [2.24, 2.45) is 4.99 Å². The molecule has 0 saturated heterocycles.